The van der Waals surface area contributed by atoms with Crippen molar-refractivity contribution in [2.45, 2.75) is 11.1 Å². The fraction of sp³-hybridized carbons (Fsp3) is 0.150. The molecule has 3 heterocycles. The van der Waals surface area contributed by atoms with Crippen LogP contribution in [0.5, 0.6) is 5.75 Å². The monoisotopic (exact) mass is 508 g/mol. The van der Waals surface area contributed by atoms with Gasteiger partial charge in [-0.15, -0.1) is 0 Å². The minimum atomic E-state index is -4.51. The van der Waals surface area contributed by atoms with Gasteiger partial charge < -0.3 is 9.64 Å². The molecule has 0 fully saturated rings. The first-order valence-electron chi connectivity index (χ1n) is 9.77. The summed E-state index contributed by atoms with van der Waals surface area (Å²) in [4.78, 5) is 5.55. The summed E-state index contributed by atoms with van der Waals surface area (Å²) in [5.41, 5.74) is 1.04. The van der Waals surface area contributed by atoms with Crippen LogP contribution in [0.25, 0.3) is 11.1 Å². The molecule has 0 saturated carbocycles. The van der Waals surface area contributed by atoms with E-state index < -0.39 is 21.8 Å². The average molecular weight is 509 g/mol. The van der Waals surface area contributed by atoms with Crippen LogP contribution in [0.3, 0.4) is 0 Å². The van der Waals surface area contributed by atoms with Crippen LogP contribution in [0.15, 0.2) is 60.0 Å². The molecule has 0 amide bonds. The smallest absolute Gasteiger partial charge is 0.416 e. The number of H-pyrrole nitrogens is 1. The highest BCUT2D eigenvalue weighted by Crippen LogP contribution is 2.43. The SMILES string of the molecule is O=S(=O)(Nc1ncns1)c1ccc2c(c1)OCCN2c1ccc(C(F)(F)F)cc1-c1cn[nH]c1. The predicted molar refractivity (Wildman–Crippen MR) is 119 cm³/mol. The Morgan fingerprint density at radius 1 is 1.15 bits per heavy atom. The number of hydrogen-bond acceptors (Lipinski definition) is 8. The normalized spacial score (nSPS) is 13.9. The van der Waals surface area contributed by atoms with E-state index in [-0.39, 0.29) is 22.4 Å². The molecule has 5 rings (SSSR count). The van der Waals surface area contributed by atoms with Gasteiger partial charge in [0, 0.05) is 40.6 Å². The largest absolute Gasteiger partial charge is 0.489 e. The summed E-state index contributed by atoms with van der Waals surface area (Å²) >= 11 is 0.895. The van der Waals surface area contributed by atoms with Gasteiger partial charge in [-0.2, -0.15) is 22.6 Å². The summed E-state index contributed by atoms with van der Waals surface area (Å²) in [5, 5.41) is 6.60. The maximum atomic E-state index is 13.4. The number of rotatable bonds is 5. The first kappa shape index (κ1) is 22.2. The molecule has 0 radical (unpaired) electrons. The Kier molecular flexibility index (Phi) is 5.40. The molecular formula is C20H15F3N6O3S2. The van der Waals surface area contributed by atoms with E-state index in [1.807, 2.05) is 0 Å². The van der Waals surface area contributed by atoms with Gasteiger partial charge in [-0.1, -0.05) is 0 Å². The van der Waals surface area contributed by atoms with E-state index in [0.717, 1.165) is 23.7 Å². The van der Waals surface area contributed by atoms with Crippen molar-refractivity contribution in [2.75, 3.05) is 22.8 Å². The summed E-state index contributed by atoms with van der Waals surface area (Å²) in [6.45, 7) is 0.546. The molecule has 0 atom stereocenters. The molecule has 34 heavy (non-hydrogen) atoms. The van der Waals surface area contributed by atoms with E-state index in [9.17, 15) is 21.6 Å². The number of nitrogens with one attached hydrogen (secondary N) is 2. The van der Waals surface area contributed by atoms with Gasteiger partial charge in [0.15, 0.2) is 0 Å². The third kappa shape index (κ3) is 4.17. The van der Waals surface area contributed by atoms with Gasteiger partial charge in [0.2, 0.25) is 5.13 Å². The standard InChI is InChI=1S/C20H15F3N6O3S2/c21-20(22,23)13-1-3-16(15(7-13)12-9-25-26-10-12)29-5-6-32-18-8-14(2-4-17(18)29)34(30,31)28-19-24-11-27-33-19/h1-4,7-11H,5-6H2,(H,25,26)(H,24,27,28). The Morgan fingerprint density at radius 3 is 2.68 bits per heavy atom. The minimum Gasteiger partial charge on any atom is -0.489 e. The topological polar surface area (TPSA) is 113 Å². The Bertz CT molecular complexity index is 1420. The van der Waals surface area contributed by atoms with Crippen LogP contribution in [0, 0.1) is 0 Å². The summed E-state index contributed by atoms with van der Waals surface area (Å²) in [5.74, 6) is 0.282. The number of aromatic amines is 1. The number of benzene rings is 2. The van der Waals surface area contributed by atoms with Crippen molar-refractivity contribution >= 4 is 38.1 Å². The maximum absolute atomic E-state index is 13.4. The number of anilines is 3. The second kappa shape index (κ2) is 8.29. The zero-order valence-electron chi connectivity index (χ0n) is 17.1. The molecule has 1 aliphatic rings. The molecule has 0 aliphatic carbocycles. The molecule has 0 bridgehead atoms. The first-order valence-corrected chi connectivity index (χ1v) is 12.0. The Balaban J connectivity index is 1.55. The molecule has 0 unspecified atom stereocenters. The van der Waals surface area contributed by atoms with Crippen LogP contribution < -0.4 is 14.4 Å². The zero-order valence-corrected chi connectivity index (χ0v) is 18.7. The highest BCUT2D eigenvalue weighted by Gasteiger charge is 2.32. The lowest BCUT2D eigenvalue weighted by Gasteiger charge is -2.33. The molecule has 176 valence electrons. The summed E-state index contributed by atoms with van der Waals surface area (Å²) in [6.07, 6.45) is -0.328. The lowest BCUT2D eigenvalue weighted by atomic mass is 10.0. The quantitative estimate of drug-likeness (QED) is 0.414. The van der Waals surface area contributed by atoms with Crippen molar-refractivity contribution in [2.24, 2.45) is 0 Å². The lowest BCUT2D eigenvalue weighted by Crippen LogP contribution is -2.29. The van der Waals surface area contributed by atoms with Crippen LogP contribution >= 0.6 is 11.5 Å². The maximum Gasteiger partial charge on any atom is 0.416 e. The number of halogens is 3. The van der Waals surface area contributed by atoms with Crippen molar-refractivity contribution in [1.29, 1.82) is 0 Å². The van der Waals surface area contributed by atoms with Crippen LogP contribution in [0.1, 0.15) is 5.56 Å². The van der Waals surface area contributed by atoms with Gasteiger partial charge in [0.1, 0.15) is 18.7 Å². The third-order valence-corrected chi connectivity index (χ3v) is 7.16. The van der Waals surface area contributed by atoms with E-state index in [1.165, 1.54) is 36.9 Å². The number of aromatic nitrogens is 4. The van der Waals surface area contributed by atoms with E-state index in [0.29, 0.717) is 29.0 Å². The highest BCUT2D eigenvalue weighted by atomic mass is 32.2. The fourth-order valence-corrected chi connectivity index (χ4v) is 5.26. The van der Waals surface area contributed by atoms with Gasteiger partial charge in [0.25, 0.3) is 10.0 Å². The molecule has 2 aromatic heterocycles. The van der Waals surface area contributed by atoms with Crippen LogP contribution in [-0.2, 0) is 16.2 Å². The number of sulfonamides is 1. The van der Waals surface area contributed by atoms with E-state index >= 15 is 0 Å². The van der Waals surface area contributed by atoms with E-state index in [4.69, 9.17) is 4.74 Å². The second-order valence-electron chi connectivity index (χ2n) is 7.20. The zero-order chi connectivity index (χ0) is 23.9. The molecule has 0 saturated heterocycles. The van der Waals surface area contributed by atoms with E-state index in [1.54, 1.807) is 11.0 Å². The second-order valence-corrected chi connectivity index (χ2v) is 9.66. The predicted octanol–water partition coefficient (Wildman–Crippen LogP) is 4.28. The first-order chi connectivity index (χ1) is 16.2. The van der Waals surface area contributed by atoms with Gasteiger partial charge >= 0.3 is 6.18 Å². The van der Waals surface area contributed by atoms with Crippen LogP contribution in [-0.4, -0.2) is 41.1 Å². The molecule has 14 heteroatoms. The van der Waals surface area contributed by atoms with Gasteiger partial charge in [0.05, 0.1) is 28.9 Å². The molecule has 1 aliphatic heterocycles. The Morgan fingerprint density at radius 2 is 1.97 bits per heavy atom. The number of nitrogens with zero attached hydrogens (tertiary/aromatic N) is 4. The third-order valence-electron chi connectivity index (χ3n) is 5.11. The van der Waals surface area contributed by atoms with Crippen molar-refractivity contribution < 1.29 is 26.3 Å². The lowest BCUT2D eigenvalue weighted by molar-refractivity contribution is -0.137. The molecule has 4 aromatic rings. The van der Waals surface area contributed by atoms with Crippen LogP contribution in [0.4, 0.5) is 29.7 Å². The van der Waals surface area contributed by atoms with Gasteiger partial charge in [-0.3, -0.25) is 9.82 Å². The number of alkyl halides is 3. The van der Waals surface area contributed by atoms with Crippen molar-refractivity contribution in [3.8, 4) is 16.9 Å². The van der Waals surface area contributed by atoms with Crippen molar-refractivity contribution in [3.05, 3.63) is 60.7 Å². The van der Waals surface area contributed by atoms with Crippen molar-refractivity contribution in [1.82, 2.24) is 19.6 Å². The molecule has 0 spiro atoms. The average Bonchev–Trinajstić information content (AvgIpc) is 3.51. The highest BCUT2D eigenvalue weighted by molar-refractivity contribution is 7.93. The van der Waals surface area contributed by atoms with Crippen LogP contribution in [0.2, 0.25) is 0 Å². The molecule has 2 N–H and O–H groups in total. The summed E-state index contributed by atoms with van der Waals surface area (Å²) < 4.78 is 77.4. The Hall–Kier alpha value is -3.65. The number of fused-ring (bicyclic) bond motifs is 1. The minimum absolute atomic E-state index is 0.0502. The molecular weight excluding hydrogens is 493 g/mol. The molecule has 9 nitrogen and oxygen atoms in total. The van der Waals surface area contributed by atoms with E-state index in [2.05, 4.69) is 24.3 Å². The Labute approximate surface area is 195 Å². The number of ether oxygens (including phenoxy) is 1. The summed E-state index contributed by atoms with van der Waals surface area (Å²) in [7, 11) is -3.94. The number of hydrogen-bond donors (Lipinski definition) is 2. The molecule has 2 aromatic carbocycles. The van der Waals surface area contributed by atoms with Gasteiger partial charge in [-0.25, -0.2) is 13.4 Å². The fourth-order valence-electron chi connectivity index (χ4n) is 3.59. The van der Waals surface area contributed by atoms with Crippen molar-refractivity contribution in [3.63, 3.8) is 0 Å². The van der Waals surface area contributed by atoms with Gasteiger partial charge in [-0.05, 0) is 30.3 Å². The summed E-state index contributed by atoms with van der Waals surface area (Å²) in [6, 6.07) is 7.79.